The summed E-state index contributed by atoms with van der Waals surface area (Å²) in [7, 11) is -3.68. The van der Waals surface area contributed by atoms with Gasteiger partial charge in [-0.3, -0.25) is 9.59 Å². The summed E-state index contributed by atoms with van der Waals surface area (Å²) in [5, 5.41) is 2.91. The molecule has 1 saturated heterocycles. The second kappa shape index (κ2) is 8.24. The number of piperidine rings is 1. The SMILES string of the molecule is CC(=O)c1cccc(S(=O)(=O)N2CCC(C(=O)Nc3cccc(C)c3)CC2)c1. The first-order chi connectivity index (χ1) is 13.3. The van der Waals surface area contributed by atoms with E-state index in [1.807, 2.05) is 31.2 Å². The molecule has 1 aliphatic heterocycles. The molecule has 0 radical (unpaired) electrons. The number of aryl methyl sites for hydroxylation is 1. The number of rotatable bonds is 5. The Morgan fingerprint density at radius 1 is 1.04 bits per heavy atom. The quantitative estimate of drug-likeness (QED) is 0.781. The Morgan fingerprint density at radius 2 is 1.71 bits per heavy atom. The summed E-state index contributed by atoms with van der Waals surface area (Å²) < 4.78 is 27.2. The average molecular weight is 401 g/mol. The molecule has 0 spiro atoms. The van der Waals surface area contributed by atoms with Crippen LogP contribution >= 0.6 is 0 Å². The van der Waals surface area contributed by atoms with E-state index in [-0.39, 0.29) is 35.6 Å². The summed E-state index contributed by atoms with van der Waals surface area (Å²) in [6.45, 7) is 3.92. The number of sulfonamides is 1. The molecule has 0 unspecified atom stereocenters. The molecule has 3 rings (SSSR count). The lowest BCUT2D eigenvalue weighted by Crippen LogP contribution is -2.41. The summed E-state index contributed by atoms with van der Waals surface area (Å²) >= 11 is 0. The molecule has 28 heavy (non-hydrogen) atoms. The van der Waals surface area contributed by atoms with E-state index in [4.69, 9.17) is 0 Å². The lowest BCUT2D eigenvalue weighted by Gasteiger charge is -2.30. The van der Waals surface area contributed by atoms with Crippen LogP contribution in [0.4, 0.5) is 5.69 Å². The monoisotopic (exact) mass is 400 g/mol. The number of hydrogen-bond acceptors (Lipinski definition) is 4. The Bertz CT molecular complexity index is 993. The molecule has 1 N–H and O–H groups in total. The summed E-state index contributed by atoms with van der Waals surface area (Å²) in [4.78, 5) is 24.2. The fourth-order valence-corrected chi connectivity index (χ4v) is 4.87. The van der Waals surface area contributed by atoms with Crippen LogP contribution in [-0.4, -0.2) is 37.5 Å². The van der Waals surface area contributed by atoms with E-state index in [1.54, 1.807) is 12.1 Å². The van der Waals surface area contributed by atoms with Gasteiger partial charge in [0.25, 0.3) is 0 Å². The topological polar surface area (TPSA) is 83.6 Å². The first-order valence-electron chi connectivity index (χ1n) is 9.26. The lowest BCUT2D eigenvalue weighted by molar-refractivity contribution is -0.120. The average Bonchev–Trinajstić information content (AvgIpc) is 2.68. The minimum absolute atomic E-state index is 0.0822. The Morgan fingerprint density at radius 3 is 2.36 bits per heavy atom. The molecule has 7 heteroatoms. The largest absolute Gasteiger partial charge is 0.326 e. The highest BCUT2D eigenvalue weighted by atomic mass is 32.2. The zero-order valence-electron chi connectivity index (χ0n) is 16.0. The van der Waals surface area contributed by atoms with Crippen molar-refractivity contribution in [2.75, 3.05) is 18.4 Å². The van der Waals surface area contributed by atoms with Gasteiger partial charge in [-0.15, -0.1) is 0 Å². The van der Waals surface area contributed by atoms with Crippen LogP contribution < -0.4 is 5.32 Å². The van der Waals surface area contributed by atoms with E-state index in [1.165, 1.54) is 23.4 Å². The molecule has 148 valence electrons. The van der Waals surface area contributed by atoms with Crippen molar-refractivity contribution in [2.24, 2.45) is 5.92 Å². The molecule has 0 aromatic heterocycles. The molecule has 1 aliphatic rings. The Balaban J connectivity index is 1.65. The van der Waals surface area contributed by atoms with Gasteiger partial charge >= 0.3 is 0 Å². The number of nitrogens with one attached hydrogen (secondary N) is 1. The van der Waals surface area contributed by atoms with Crippen molar-refractivity contribution >= 4 is 27.4 Å². The third kappa shape index (κ3) is 4.48. The number of carbonyl (C=O) groups excluding carboxylic acids is 2. The minimum Gasteiger partial charge on any atom is -0.326 e. The van der Waals surface area contributed by atoms with E-state index in [0.29, 0.717) is 18.4 Å². The van der Waals surface area contributed by atoms with Gasteiger partial charge in [0.1, 0.15) is 0 Å². The number of amides is 1. The van der Waals surface area contributed by atoms with Crippen LogP contribution in [0.5, 0.6) is 0 Å². The van der Waals surface area contributed by atoms with Crippen LogP contribution in [0.2, 0.25) is 0 Å². The number of ketones is 1. The summed E-state index contributed by atoms with van der Waals surface area (Å²) in [5.41, 5.74) is 2.18. The summed E-state index contributed by atoms with van der Waals surface area (Å²) in [6, 6.07) is 13.7. The predicted molar refractivity (Wildman–Crippen MR) is 108 cm³/mol. The molecule has 0 atom stereocenters. The normalized spacial score (nSPS) is 15.9. The van der Waals surface area contributed by atoms with E-state index in [2.05, 4.69) is 5.32 Å². The fourth-order valence-electron chi connectivity index (χ4n) is 3.35. The molecule has 0 saturated carbocycles. The maximum Gasteiger partial charge on any atom is 0.243 e. The van der Waals surface area contributed by atoms with Crippen LogP contribution in [-0.2, 0) is 14.8 Å². The highest BCUT2D eigenvalue weighted by Crippen LogP contribution is 2.25. The molecule has 2 aromatic carbocycles. The van der Waals surface area contributed by atoms with Crippen molar-refractivity contribution in [3.63, 3.8) is 0 Å². The van der Waals surface area contributed by atoms with Crippen molar-refractivity contribution in [3.8, 4) is 0 Å². The molecule has 2 aromatic rings. The van der Waals surface area contributed by atoms with Gasteiger partial charge in [-0.25, -0.2) is 8.42 Å². The van der Waals surface area contributed by atoms with Crippen LogP contribution in [0.3, 0.4) is 0 Å². The van der Waals surface area contributed by atoms with Gasteiger partial charge in [0.15, 0.2) is 5.78 Å². The van der Waals surface area contributed by atoms with Crippen LogP contribution in [0.1, 0.15) is 35.7 Å². The van der Waals surface area contributed by atoms with Gasteiger partial charge in [-0.2, -0.15) is 4.31 Å². The molecule has 1 heterocycles. The smallest absolute Gasteiger partial charge is 0.243 e. The maximum atomic E-state index is 12.9. The summed E-state index contributed by atoms with van der Waals surface area (Å²) in [6.07, 6.45) is 0.923. The number of benzene rings is 2. The molecule has 6 nitrogen and oxygen atoms in total. The number of Topliss-reactive ketones (excluding diaryl/α,β-unsaturated/α-hetero) is 1. The van der Waals surface area contributed by atoms with Gasteiger partial charge in [0, 0.05) is 30.3 Å². The van der Waals surface area contributed by atoms with Crippen LogP contribution in [0.25, 0.3) is 0 Å². The predicted octanol–water partition coefficient (Wildman–Crippen LogP) is 3.24. The van der Waals surface area contributed by atoms with Gasteiger partial charge in [-0.1, -0.05) is 24.3 Å². The molecule has 1 amide bonds. The highest BCUT2D eigenvalue weighted by Gasteiger charge is 2.32. The van der Waals surface area contributed by atoms with Crippen LogP contribution in [0, 0.1) is 12.8 Å². The second-order valence-corrected chi connectivity index (χ2v) is 9.06. The number of anilines is 1. The Kier molecular flexibility index (Phi) is 5.96. The zero-order valence-corrected chi connectivity index (χ0v) is 16.8. The highest BCUT2D eigenvalue weighted by molar-refractivity contribution is 7.89. The van der Waals surface area contributed by atoms with Gasteiger partial charge < -0.3 is 5.32 Å². The first kappa shape index (κ1) is 20.2. The Hall–Kier alpha value is -2.51. The van der Waals surface area contributed by atoms with Gasteiger partial charge in [0.2, 0.25) is 15.9 Å². The third-order valence-electron chi connectivity index (χ3n) is 4.99. The van der Waals surface area contributed by atoms with Crippen LogP contribution in [0.15, 0.2) is 53.4 Å². The van der Waals surface area contributed by atoms with Crippen molar-refractivity contribution in [3.05, 3.63) is 59.7 Å². The first-order valence-corrected chi connectivity index (χ1v) is 10.7. The van der Waals surface area contributed by atoms with Crippen molar-refractivity contribution in [1.29, 1.82) is 0 Å². The third-order valence-corrected chi connectivity index (χ3v) is 6.88. The number of hydrogen-bond donors (Lipinski definition) is 1. The molecule has 1 fully saturated rings. The van der Waals surface area contributed by atoms with Crippen molar-refractivity contribution in [1.82, 2.24) is 4.31 Å². The lowest BCUT2D eigenvalue weighted by atomic mass is 9.97. The van der Waals surface area contributed by atoms with E-state index in [9.17, 15) is 18.0 Å². The Labute approximate surface area is 165 Å². The van der Waals surface area contributed by atoms with E-state index < -0.39 is 10.0 Å². The van der Waals surface area contributed by atoms with Gasteiger partial charge in [0.05, 0.1) is 4.90 Å². The van der Waals surface area contributed by atoms with E-state index >= 15 is 0 Å². The second-order valence-electron chi connectivity index (χ2n) is 7.12. The molecular formula is C21H24N2O4S. The van der Waals surface area contributed by atoms with Crippen molar-refractivity contribution < 1.29 is 18.0 Å². The fraction of sp³-hybridized carbons (Fsp3) is 0.333. The standard InChI is InChI=1S/C21H24N2O4S/c1-15-5-3-7-19(13-15)22-21(25)17-9-11-23(12-10-17)28(26,27)20-8-4-6-18(14-20)16(2)24/h3-8,13-14,17H,9-12H2,1-2H3,(H,22,25). The number of carbonyl (C=O) groups is 2. The molecular weight excluding hydrogens is 376 g/mol. The zero-order chi connectivity index (χ0) is 20.3. The van der Waals surface area contributed by atoms with E-state index in [0.717, 1.165) is 11.3 Å². The van der Waals surface area contributed by atoms with Gasteiger partial charge in [-0.05, 0) is 56.5 Å². The number of nitrogens with zero attached hydrogens (tertiary/aromatic N) is 1. The maximum absolute atomic E-state index is 12.9. The van der Waals surface area contributed by atoms with Crippen molar-refractivity contribution in [2.45, 2.75) is 31.6 Å². The minimum atomic E-state index is -3.68. The molecule has 0 aliphatic carbocycles. The summed E-state index contributed by atoms with van der Waals surface area (Å²) in [5.74, 6) is -0.486. The molecule has 0 bridgehead atoms.